The molecule has 3 nitrogen and oxygen atoms in total. The number of rotatable bonds is 2. The Morgan fingerprint density at radius 1 is 1.16 bits per heavy atom. The summed E-state index contributed by atoms with van der Waals surface area (Å²) in [6.45, 7) is 0. The number of hydrogen-bond acceptors (Lipinski definition) is 3. The van der Waals surface area contributed by atoms with Crippen molar-refractivity contribution in [3.63, 3.8) is 0 Å². The molecule has 1 aromatic carbocycles. The van der Waals surface area contributed by atoms with E-state index in [9.17, 15) is 0 Å². The molecule has 4 rings (SSSR count). The van der Waals surface area contributed by atoms with Crippen LogP contribution in [-0.4, -0.2) is 11.1 Å². The Balaban J connectivity index is 1.79. The molecule has 0 spiro atoms. The maximum absolute atomic E-state index is 8.87. The maximum Gasteiger partial charge on any atom is 0.121 e. The van der Waals surface area contributed by atoms with E-state index in [1.807, 2.05) is 6.07 Å². The van der Waals surface area contributed by atoms with Gasteiger partial charge in [0.2, 0.25) is 0 Å². The van der Waals surface area contributed by atoms with Gasteiger partial charge in [0.15, 0.2) is 0 Å². The lowest BCUT2D eigenvalue weighted by Crippen LogP contribution is -2.57. The van der Waals surface area contributed by atoms with Gasteiger partial charge >= 0.3 is 0 Å². The van der Waals surface area contributed by atoms with Gasteiger partial charge in [-0.05, 0) is 50.7 Å². The fourth-order valence-corrected chi connectivity index (χ4v) is 3.45. The molecule has 3 saturated carbocycles. The van der Waals surface area contributed by atoms with Gasteiger partial charge in [-0.1, -0.05) is 11.6 Å². The number of nitriles is 1. The van der Waals surface area contributed by atoms with Crippen LogP contribution in [0.4, 0.5) is 0 Å². The first-order valence-corrected chi connectivity index (χ1v) is 7.10. The van der Waals surface area contributed by atoms with Crippen molar-refractivity contribution in [2.24, 2.45) is 5.73 Å². The molecule has 0 radical (unpaired) electrons. The van der Waals surface area contributed by atoms with Gasteiger partial charge < -0.3 is 10.5 Å². The summed E-state index contributed by atoms with van der Waals surface area (Å²) in [6, 6.07) is 7.35. The molecule has 3 aliphatic carbocycles. The molecule has 4 heteroatoms. The Morgan fingerprint density at radius 3 is 2.32 bits per heavy atom. The van der Waals surface area contributed by atoms with Gasteiger partial charge in [-0.2, -0.15) is 5.26 Å². The minimum absolute atomic E-state index is 0.0490. The minimum Gasteiger partial charge on any atom is -0.487 e. The molecule has 0 saturated heterocycles. The first-order chi connectivity index (χ1) is 9.04. The number of ether oxygens (including phenoxy) is 1. The van der Waals surface area contributed by atoms with E-state index in [2.05, 4.69) is 6.07 Å². The lowest BCUT2D eigenvalue weighted by molar-refractivity contribution is -0.0422. The number of fused-ring (bicyclic) bond motifs is 3. The molecular formula is C15H17ClN2O. The van der Waals surface area contributed by atoms with Crippen LogP contribution in [0.3, 0.4) is 0 Å². The molecule has 100 valence electrons. The zero-order chi connectivity index (χ0) is 13.5. The quantitative estimate of drug-likeness (QED) is 0.901. The Hall–Kier alpha value is -1.24. The number of benzene rings is 1. The highest BCUT2D eigenvalue weighted by Gasteiger charge is 2.48. The third-order valence-corrected chi connectivity index (χ3v) is 4.94. The van der Waals surface area contributed by atoms with Gasteiger partial charge in [0.1, 0.15) is 17.4 Å². The van der Waals surface area contributed by atoms with Crippen molar-refractivity contribution in [1.29, 1.82) is 5.26 Å². The van der Waals surface area contributed by atoms with Crippen LogP contribution < -0.4 is 10.5 Å². The van der Waals surface area contributed by atoms with E-state index < -0.39 is 0 Å². The second-order valence-corrected chi connectivity index (χ2v) is 6.31. The van der Waals surface area contributed by atoms with Gasteiger partial charge in [-0.3, -0.25) is 0 Å². The molecule has 19 heavy (non-hydrogen) atoms. The molecule has 3 aliphatic rings. The Bertz CT molecular complexity index is 525. The van der Waals surface area contributed by atoms with Crippen molar-refractivity contribution in [2.75, 3.05) is 0 Å². The van der Waals surface area contributed by atoms with E-state index in [0.717, 1.165) is 44.3 Å². The Labute approximate surface area is 118 Å². The number of nitrogens with two attached hydrogens (primary N) is 1. The van der Waals surface area contributed by atoms with Crippen molar-refractivity contribution in [1.82, 2.24) is 0 Å². The molecule has 0 atom stereocenters. The SMILES string of the molecule is N#Cc1ccc(OC23CCC(N)(CC2)CC3)cc1Cl. The summed E-state index contributed by atoms with van der Waals surface area (Å²) in [7, 11) is 0. The number of nitrogens with zero attached hydrogens (tertiary/aromatic N) is 1. The fraction of sp³-hybridized carbons (Fsp3) is 0.533. The lowest BCUT2D eigenvalue weighted by atomic mass is 9.63. The molecular weight excluding hydrogens is 260 g/mol. The first-order valence-electron chi connectivity index (χ1n) is 6.72. The molecule has 1 aromatic rings. The van der Waals surface area contributed by atoms with E-state index >= 15 is 0 Å². The van der Waals surface area contributed by atoms with Crippen LogP contribution in [-0.2, 0) is 0 Å². The Morgan fingerprint density at radius 2 is 1.79 bits per heavy atom. The highest BCUT2D eigenvalue weighted by atomic mass is 35.5. The monoisotopic (exact) mass is 276 g/mol. The summed E-state index contributed by atoms with van der Waals surface area (Å²) in [5, 5.41) is 9.33. The van der Waals surface area contributed by atoms with E-state index in [-0.39, 0.29) is 11.1 Å². The molecule has 0 amide bonds. The number of halogens is 1. The first kappa shape index (κ1) is 12.8. The Kier molecular flexibility index (Phi) is 2.96. The van der Waals surface area contributed by atoms with E-state index in [1.54, 1.807) is 12.1 Å². The zero-order valence-electron chi connectivity index (χ0n) is 10.8. The van der Waals surface area contributed by atoms with E-state index in [1.165, 1.54) is 0 Å². The van der Waals surface area contributed by atoms with Crippen molar-refractivity contribution in [2.45, 2.75) is 49.7 Å². The molecule has 0 aliphatic heterocycles. The largest absolute Gasteiger partial charge is 0.487 e. The molecule has 0 aromatic heterocycles. The molecule has 3 fully saturated rings. The van der Waals surface area contributed by atoms with E-state index in [0.29, 0.717) is 10.6 Å². The van der Waals surface area contributed by atoms with Gasteiger partial charge in [-0.15, -0.1) is 0 Å². The third-order valence-electron chi connectivity index (χ3n) is 4.63. The second-order valence-electron chi connectivity index (χ2n) is 5.90. The van der Waals surface area contributed by atoms with E-state index in [4.69, 9.17) is 27.3 Å². The van der Waals surface area contributed by atoms with Gasteiger partial charge in [0, 0.05) is 11.6 Å². The van der Waals surface area contributed by atoms with Crippen LogP contribution in [0.2, 0.25) is 5.02 Å². The van der Waals surface area contributed by atoms with Gasteiger partial charge in [0.05, 0.1) is 10.6 Å². The van der Waals surface area contributed by atoms with Crippen molar-refractivity contribution >= 4 is 11.6 Å². The van der Waals surface area contributed by atoms with Crippen LogP contribution in [0, 0.1) is 11.3 Å². The standard InChI is InChI=1S/C15H17ClN2O/c16-13-9-12(2-1-11(13)10-17)19-15-6-3-14(18,4-7-15)5-8-15/h1-2,9H,3-8,18H2. The lowest BCUT2D eigenvalue weighted by Gasteiger charge is -2.51. The summed E-state index contributed by atoms with van der Waals surface area (Å²) < 4.78 is 6.21. The molecule has 0 heterocycles. The normalized spacial score (nSPS) is 32.9. The maximum atomic E-state index is 8.87. The highest BCUT2D eigenvalue weighted by molar-refractivity contribution is 6.31. The van der Waals surface area contributed by atoms with Crippen molar-refractivity contribution in [3.05, 3.63) is 28.8 Å². The average Bonchev–Trinajstić information content (AvgIpc) is 2.41. The predicted molar refractivity (Wildman–Crippen MR) is 74.1 cm³/mol. The number of hydrogen-bond donors (Lipinski definition) is 1. The van der Waals surface area contributed by atoms with Crippen LogP contribution in [0.15, 0.2) is 18.2 Å². The fourth-order valence-electron chi connectivity index (χ4n) is 3.23. The summed E-state index contributed by atoms with van der Waals surface area (Å²) in [5.41, 5.74) is 6.76. The minimum atomic E-state index is -0.0708. The topological polar surface area (TPSA) is 59.0 Å². The van der Waals surface area contributed by atoms with Crippen LogP contribution >= 0.6 is 11.6 Å². The molecule has 2 N–H and O–H groups in total. The smallest absolute Gasteiger partial charge is 0.121 e. The summed E-state index contributed by atoms with van der Waals surface area (Å²) in [4.78, 5) is 0. The predicted octanol–water partition coefficient (Wildman–Crippen LogP) is 3.39. The van der Waals surface area contributed by atoms with Crippen molar-refractivity contribution in [3.8, 4) is 11.8 Å². The zero-order valence-corrected chi connectivity index (χ0v) is 11.5. The van der Waals surface area contributed by atoms with Crippen molar-refractivity contribution < 1.29 is 4.74 Å². The van der Waals surface area contributed by atoms with Gasteiger partial charge in [0.25, 0.3) is 0 Å². The molecule has 2 bridgehead atoms. The van der Waals surface area contributed by atoms with Gasteiger partial charge in [-0.25, -0.2) is 0 Å². The summed E-state index contributed by atoms with van der Waals surface area (Å²) in [6.07, 6.45) is 6.16. The summed E-state index contributed by atoms with van der Waals surface area (Å²) >= 11 is 6.05. The van der Waals surface area contributed by atoms with Crippen LogP contribution in [0.5, 0.6) is 5.75 Å². The van der Waals surface area contributed by atoms with Crippen LogP contribution in [0.1, 0.15) is 44.1 Å². The summed E-state index contributed by atoms with van der Waals surface area (Å²) in [5.74, 6) is 0.760. The average molecular weight is 277 g/mol. The highest BCUT2D eigenvalue weighted by Crippen LogP contribution is 2.47. The second kappa shape index (κ2) is 4.40. The third kappa shape index (κ3) is 2.31. The van der Waals surface area contributed by atoms with Crippen LogP contribution in [0.25, 0.3) is 0 Å². The molecule has 0 unspecified atom stereocenters.